The highest BCUT2D eigenvalue weighted by Gasteiger charge is 2.22. The summed E-state index contributed by atoms with van der Waals surface area (Å²) in [6.45, 7) is 9.62. The Morgan fingerprint density at radius 3 is 3.00 bits per heavy atom. The van der Waals surface area contributed by atoms with Crippen molar-refractivity contribution in [1.82, 2.24) is 15.2 Å². The molecule has 2 heterocycles. The average Bonchev–Trinajstić information content (AvgIpc) is 2.36. The van der Waals surface area contributed by atoms with Crippen molar-refractivity contribution in [2.24, 2.45) is 0 Å². The molecule has 18 heavy (non-hydrogen) atoms. The first kappa shape index (κ1) is 13.3. The highest BCUT2D eigenvalue weighted by Crippen LogP contribution is 2.18. The van der Waals surface area contributed by atoms with E-state index in [0.29, 0.717) is 6.04 Å². The van der Waals surface area contributed by atoms with Crippen LogP contribution in [0.4, 0.5) is 5.82 Å². The maximum absolute atomic E-state index is 4.53. The Labute approximate surface area is 110 Å². The predicted octanol–water partition coefficient (Wildman–Crippen LogP) is 1.33. The van der Waals surface area contributed by atoms with Crippen LogP contribution in [0.15, 0.2) is 18.3 Å². The van der Waals surface area contributed by atoms with Crippen molar-refractivity contribution in [3.05, 3.63) is 23.9 Å². The van der Waals surface area contributed by atoms with Gasteiger partial charge in [-0.2, -0.15) is 0 Å². The Morgan fingerprint density at radius 2 is 2.28 bits per heavy atom. The Hall–Kier alpha value is -1.13. The predicted molar refractivity (Wildman–Crippen MR) is 75.9 cm³/mol. The van der Waals surface area contributed by atoms with Crippen molar-refractivity contribution < 1.29 is 0 Å². The Morgan fingerprint density at radius 1 is 1.44 bits per heavy atom. The van der Waals surface area contributed by atoms with Gasteiger partial charge in [0.05, 0.1) is 0 Å². The van der Waals surface area contributed by atoms with Crippen LogP contribution < -0.4 is 10.2 Å². The minimum atomic E-state index is 0.533. The molecule has 0 aromatic carbocycles. The van der Waals surface area contributed by atoms with Crippen LogP contribution in [0, 0.1) is 0 Å². The molecular weight excluding hydrogens is 224 g/mol. The van der Waals surface area contributed by atoms with E-state index in [4.69, 9.17) is 0 Å². The summed E-state index contributed by atoms with van der Waals surface area (Å²) in [6.07, 6.45) is 1.92. The maximum Gasteiger partial charge on any atom is 0.129 e. The minimum absolute atomic E-state index is 0.533. The molecular formula is C14H24N4. The fourth-order valence-corrected chi connectivity index (χ4v) is 2.48. The molecule has 1 aromatic heterocycles. The van der Waals surface area contributed by atoms with E-state index in [9.17, 15) is 0 Å². The number of likely N-dealkylation sites (N-methyl/N-ethyl adjacent to an activating group) is 1. The lowest BCUT2D eigenvalue weighted by atomic mass is 10.2. The molecule has 1 aromatic rings. The second-order valence-electron chi connectivity index (χ2n) is 5.11. The number of nitrogens with zero attached hydrogens (tertiary/aromatic N) is 3. The van der Waals surface area contributed by atoms with E-state index in [1.165, 1.54) is 5.56 Å². The number of pyridine rings is 1. The van der Waals surface area contributed by atoms with Gasteiger partial charge in [-0.1, -0.05) is 6.92 Å². The first-order valence-corrected chi connectivity index (χ1v) is 6.81. The van der Waals surface area contributed by atoms with Gasteiger partial charge in [0.15, 0.2) is 0 Å². The molecule has 1 N–H and O–H groups in total. The summed E-state index contributed by atoms with van der Waals surface area (Å²) in [7, 11) is 2.18. The van der Waals surface area contributed by atoms with E-state index in [1.807, 2.05) is 6.20 Å². The molecule has 0 spiro atoms. The van der Waals surface area contributed by atoms with Gasteiger partial charge in [0, 0.05) is 38.4 Å². The number of nitrogens with one attached hydrogen (secondary N) is 1. The third-order valence-electron chi connectivity index (χ3n) is 3.51. The van der Waals surface area contributed by atoms with Crippen LogP contribution in [-0.2, 0) is 6.54 Å². The first-order valence-electron chi connectivity index (χ1n) is 6.81. The molecule has 0 amide bonds. The number of rotatable bonds is 4. The molecule has 0 radical (unpaired) electrons. The quantitative estimate of drug-likeness (QED) is 0.871. The fourth-order valence-electron chi connectivity index (χ4n) is 2.48. The maximum atomic E-state index is 4.53. The van der Waals surface area contributed by atoms with Gasteiger partial charge in [0.1, 0.15) is 5.82 Å². The standard InChI is InChI=1S/C14H24N4/c1-4-15-10-13-5-6-16-14(9-13)18-8-7-17(3)11-12(18)2/h5-6,9,12,15H,4,7-8,10-11H2,1-3H3. The van der Waals surface area contributed by atoms with Crippen molar-refractivity contribution >= 4 is 5.82 Å². The Balaban J connectivity index is 2.07. The Bertz CT molecular complexity index is 380. The number of hydrogen-bond acceptors (Lipinski definition) is 4. The van der Waals surface area contributed by atoms with Gasteiger partial charge in [-0.05, 0) is 38.2 Å². The molecule has 1 unspecified atom stereocenters. The molecule has 1 fully saturated rings. The van der Waals surface area contributed by atoms with Crippen LogP contribution in [0.2, 0.25) is 0 Å². The molecule has 0 bridgehead atoms. The molecule has 4 heteroatoms. The normalized spacial score (nSPS) is 21.3. The third kappa shape index (κ3) is 3.21. The van der Waals surface area contributed by atoms with Gasteiger partial charge in [-0.15, -0.1) is 0 Å². The molecule has 1 aliphatic rings. The molecule has 1 aliphatic heterocycles. The summed E-state index contributed by atoms with van der Waals surface area (Å²) in [6, 6.07) is 4.84. The summed E-state index contributed by atoms with van der Waals surface area (Å²) in [5.74, 6) is 1.12. The first-order chi connectivity index (χ1) is 8.70. The Kier molecular flexibility index (Phi) is 4.55. The molecule has 1 atom stereocenters. The molecule has 4 nitrogen and oxygen atoms in total. The number of anilines is 1. The van der Waals surface area contributed by atoms with Crippen molar-refractivity contribution in [2.45, 2.75) is 26.4 Å². The van der Waals surface area contributed by atoms with Gasteiger partial charge in [-0.3, -0.25) is 0 Å². The van der Waals surface area contributed by atoms with Crippen LogP contribution in [-0.4, -0.2) is 49.2 Å². The summed E-state index contributed by atoms with van der Waals surface area (Å²) < 4.78 is 0. The van der Waals surface area contributed by atoms with Crippen LogP contribution in [0.5, 0.6) is 0 Å². The minimum Gasteiger partial charge on any atom is -0.351 e. The second-order valence-corrected chi connectivity index (χ2v) is 5.11. The monoisotopic (exact) mass is 248 g/mol. The van der Waals surface area contributed by atoms with Crippen molar-refractivity contribution in [3.8, 4) is 0 Å². The lowest BCUT2D eigenvalue weighted by Gasteiger charge is -2.39. The highest BCUT2D eigenvalue weighted by molar-refractivity contribution is 5.42. The van der Waals surface area contributed by atoms with Crippen LogP contribution in [0.3, 0.4) is 0 Å². The van der Waals surface area contributed by atoms with E-state index < -0.39 is 0 Å². The van der Waals surface area contributed by atoms with E-state index in [1.54, 1.807) is 0 Å². The molecule has 0 saturated carbocycles. The number of hydrogen-bond donors (Lipinski definition) is 1. The smallest absolute Gasteiger partial charge is 0.129 e. The van der Waals surface area contributed by atoms with Crippen LogP contribution in [0.1, 0.15) is 19.4 Å². The van der Waals surface area contributed by atoms with E-state index in [2.05, 4.69) is 53.1 Å². The summed E-state index contributed by atoms with van der Waals surface area (Å²) in [5, 5.41) is 3.36. The molecule has 100 valence electrons. The zero-order valence-corrected chi connectivity index (χ0v) is 11.7. The van der Waals surface area contributed by atoms with Crippen molar-refractivity contribution in [1.29, 1.82) is 0 Å². The zero-order chi connectivity index (χ0) is 13.0. The van der Waals surface area contributed by atoms with E-state index >= 15 is 0 Å². The van der Waals surface area contributed by atoms with Gasteiger partial charge < -0.3 is 15.1 Å². The highest BCUT2D eigenvalue weighted by atomic mass is 15.3. The SMILES string of the molecule is CCNCc1ccnc(N2CCN(C)CC2C)c1. The topological polar surface area (TPSA) is 31.4 Å². The average molecular weight is 248 g/mol. The summed E-state index contributed by atoms with van der Waals surface area (Å²) in [4.78, 5) is 9.32. The number of aromatic nitrogens is 1. The second kappa shape index (κ2) is 6.16. The van der Waals surface area contributed by atoms with Crippen LogP contribution >= 0.6 is 0 Å². The van der Waals surface area contributed by atoms with Gasteiger partial charge in [-0.25, -0.2) is 4.98 Å². The van der Waals surface area contributed by atoms with Crippen molar-refractivity contribution in [2.75, 3.05) is 38.1 Å². The van der Waals surface area contributed by atoms with Crippen LogP contribution in [0.25, 0.3) is 0 Å². The van der Waals surface area contributed by atoms with E-state index in [0.717, 1.165) is 38.5 Å². The molecule has 1 saturated heterocycles. The lowest BCUT2D eigenvalue weighted by molar-refractivity contribution is 0.274. The molecule has 2 rings (SSSR count). The summed E-state index contributed by atoms with van der Waals surface area (Å²) in [5.41, 5.74) is 1.31. The lowest BCUT2D eigenvalue weighted by Crippen LogP contribution is -2.50. The fraction of sp³-hybridized carbons (Fsp3) is 0.643. The zero-order valence-electron chi connectivity index (χ0n) is 11.7. The third-order valence-corrected chi connectivity index (χ3v) is 3.51. The number of piperazine rings is 1. The van der Waals surface area contributed by atoms with Gasteiger partial charge in [0.2, 0.25) is 0 Å². The molecule has 0 aliphatic carbocycles. The van der Waals surface area contributed by atoms with Gasteiger partial charge in [0.25, 0.3) is 0 Å². The summed E-state index contributed by atoms with van der Waals surface area (Å²) >= 11 is 0. The van der Waals surface area contributed by atoms with E-state index in [-0.39, 0.29) is 0 Å². The van der Waals surface area contributed by atoms with Crippen molar-refractivity contribution in [3.63, 3.8) is 0 Å². The van der Waals surface area contributed by atoms with Gasteiger partial charge >= 0.3 is 0 Å². The largest absolute Gasteiger partial charge is 0.351 e.